The normalized spacial score (nSPS) is 12.7. The number of aryl methyl sites for hydroxylation is 2. The Labute approximate surface area is 88.4 Å². The molecular formula is C12H13NO2. The van der Waals surface area contributed by atoms with Crippen molar-refractivity contribution in [1.82, 2.24) is 4.98 Å². The molecule has 2 rings (SSSR count). The summed E-state index contributed by atoms with van der Waals surface area (Å²) in [6.07, 6.45) is 4.33. The number of hydrogen-bond donors (Lipinski definition) is 1. The standard InChI is InChI=1S/C12H13NO2/c1-8-3-5-13-7-11(8)12(14)10-4-6-15-9(10)2/h3-7,12,14H,1-2H3. The Bertz CT molecular complexity index is 462. The summed E-state index contributed by atoms with van der Waals surface area (Å²) >= 11 is 0. The molecule has 78 valence electrons. The Morgan fingerprint density at radius 1 is 1.27 bits per heavy atom. The molecule has 0 aliphatic rings. The molecule has 3 nitrogen and oxygen atoms in total. The van der Waals surface area contributed by atoms with Crippen molar-refractivity contribution in [2.24, 2.45) is 0 Å². The molecule has 2 aromatic heterocycles. The number of hydrogen-bond acceptors (Lipinski definition) is 3. The summed E-state index contributed by atoms with van der Waals surface area (Å²) in [6, 6.07) is 3.67. The lowest BCUT2D eigenvalue weighted by atomic mass is 10.0. The van der Waals surface area contributed by atoms with Crippen molar-refractivity contribution in [1.29, 1.82) is 0 Å². The van der Waals surface area contributed by atoms with Crippen LogP contribution in [0.2, 0.25) is 0 Å². The number of furan rings is 1. The highest BCUT2D eigenvalue weighted by molar-refractivity contribution is 5.33. The fourth-order valence-electron chi connectivity index (χ4n) is 1.61. The summed E-state index contributed by atoms with van der Waals surface area (Å²) in [4.78, 5) is 4.02. The predicted molar refractivity (Wildman–Crippen MR) is 56.5 cm³/mol. The van der Waals surface area contributed by atoms with Crippen molar-refractivity contribution in [3.05, 3.63) is 53.2 Å². The minimum Gasteiger partial charge on any atom is -0.469 e. The number of aromatic nitrogens is 1. The van der Waals surface area contributed by atoms with Gasteiger partial charge in [0, 0.05) is 23.5 Å². The average molecular weight is 203 g/mol. The minimum absolute atomic E-state index is 0.655. The van der Waals surface area contributed by atoms with E-state index in [1.807, 2.05) is 19.9 Å². The molecule has 0 aliphatic heterocycles. The summed E-state index contributed by atoms with van der Waals surface area (Å²) in [5.74, 6) is 0.741. The Kier molecular flexibility index (Phi) is 2.56. The summed E-state index contributed by atoms with van der Waals surface area (Å²) in [7, 11) is 0. The second-order valence-electron chi connectivity index (χ2n) is 3.57. The summed E-state index contributed by atoms with van der Waals surface area (Å²) < 4.78 is 5.17. The minimum atomic E-state index is -0.655. The van der Waals surface area contributed by atoms with Crippen LogP contribution in [0, 0.1) is 13.8 Å². The molecule has 15 heavy (non-hydrogen) atoms. The maximum absolute atomic E-state index is 10.1. The first kappa shape index (κ1) is 9.93. The molecule has 3 heteroatoms. The first-order valence-electron chi connectivity index (χ1n) is 4.82. The third-order valence-corrected chi connectivity index (χ3v) is 2.57. The van der Waals surface area contributed by atoms with Gasteiger partial charge in [-0.25, -0.2) is 0 Å². The molecule has 1 unspecified atom stereocenters. The van der Waals surface area contributed by atoms with E-state index in [2.05, 4.69) is 4.98 Å². The van der Waals surface area contributed by atoms with Gasteiger partial charge in [-0.05, 0) is 31.5 Å². The van der Waals surface area contributed by atoms with E-state index in [1.165, 1.54) is 0 Å². The monoisotopic (exact) mass is 203 g/mol. The molecule has 1 N–H and O–H groups in total. The van der Waals surface area contributed by atoms with E-state index in [4.69, 9.17) is 4.42 Å². The van der Waals surface area contributed by atoms with Crippen LogP contribution in [0.25, 0.3) is 0 Å². The summed E-state index contributed by atoms with van der Waals surface area (Å²) in [6.45, 7) is 3.79. The highest BCUT2D eigenvalue weighted by Crippen LogP contribution is 2.26. The van der Waals surface area contributed by atoms with Crippen LogP contribution in [-0.2, 0) is 0 Å². The highest BCUT2D eigenvalue weighted by atomic mass is 16.3. The first-order valence-corrected chi connectivity index (χ1v) is 4.82. The molecule has 0 amide bonds. The fraction of sp³-hybridized carbons (Fsp3) is 0.250. The zero-order valence-corrected chi connectivity index (χ0v) is 8.77. The van der Waals surface area contributed by atoms with Gasteiger partial charge in [0.05, 0.1) is 6.26 Å². The van der Waals surface area contributed by atoms with Crippen LogP contribution in [0.5, 0.6) is 0 Å². The van der Waals surface area contributed by atoms with Gasteiger partial charge in [-0.1, -0.05) is 0 Å². The molecule has 0 spiro atoms. The van der Waals surface area contributed by atoms with Crippen molar-refractivity contribution < 1.29 is 9.52 Å². The molecule has 0 saturated heterocycles. The molecule has 0 radical (unpaired) electrons. The Balaban J connectivity index is 2.41. The van der Waals surface area contributed by atoms with Gasteiger partial charge in [-0.3, -0.25) is 4.98 Å². The topological polar surface area (TPSA) is 46.3 Å². The zero-order valence-electron chi connectivity index (χ0n) is 8.77. The summed E-state index contributed by atoms with van der Waals surface area (Å²) in [5.41, 5.74) is 2.64. The number of rotatable bonds is 2. The molecule has 1 atom stereocenters. The lowest BCUT2D eigenvalue weighted by Crippen LogP contribution is -2.02. The van der Waals surface area contributed by atoms with E-state index in [1.54, 1.807) is 24.7 Å². The van der Waals surface area contributed by atoms with Crippen LogP contribution in [0.1, 0.15) is 28.6 Å². The van der Waals surface area contributed by atoms with E-state index in [0.29, 0.717) is 0 Å². The highest BCUT2D eigenvalue weighted by Gasteiger charge is 2.16. The molecule has 0 fully saturated rings. The van der Waals surface area contributed by atoms with Gasteiger partial charge >= 0.3 is 0 Å². The molecule has 0 saturated carbocycles. The molecule has 2 heterocycles. The lowest BCUT2D eigenvalue weighted by Gasteiger charge is -2.11. The van der Waals surface area contributed by atoms with E-state index in [-0.39, 0.29) is 0 Å². The molecule has 0 bridgehead atoms. The van der Waals surface area contributed by atoms with Crippen molar-refractivity contribution in [3.63, 3.8) is 0 Å². The fourth-order valence-corrected chi connectivity index (χ4v) is 1.61. The molecule has 2 aromatic rings. The summed E-state index contributed by atoms with van der Waals surface area (Å²) in [5, 5.41) is 10.1. The number of pyridine rings is 1. The van der Waals surface area contributed by atoms with Crippen LogP contribution in [0.4, 0.5) is 0 Å². The van der Waals surface area contributed by atoms with Crippen molar-refractivity contribution in [3.8, 4) is 0 Å². The van der Waals surface area contributed by atoms with E-state index in [9.17, 15) is 5.11 Å². The third kappa shape index (κ3) is 1.78. The maximum atomic E-state index is 10.1. The van der Waals surface area contributed by atoms with Gasteiger partial charge in [0.25, 0.3) is 0 Å². The smallest absolute Gasteiger partial charge is 0.109 e. The number of aliphatic hydroxyl groups excluding tert-OH is 1. The van der Waals surface area contributed by atoms with Gasteiger partial charge in [0.15, 0.2) is 0 Å². The molecular weight excluding hydrogens is 190 g/mol. The van der Waals surface area contributed by atoms with Gasteiger partial charge in [0.1, 0.15) is 11.9 Å². The van der Waals surface area contributed by atoms with E-state index < -0.39 is 6.10 Å². The van der Waals surface area contributed by atoms with Gasteiger partial charge in [0.2, 0.25) is 0 Å². The van der Waals surface area contributed by atoms with Gasteiger partial charge in [-0.15, -0.1) is 0 Å². The van der Waals surface area contributed by atoms with Crippen LogP contribution in [0.3, 0.4) is 0 Å². The second kappa shape index (κ2) is 3.87. The number of nitrogens with zero attached hydrogens (tertiary/aromatic N) is 1. The number of aliphatic hydroxyl groups is 1. The van der Waals surface area contributed by atoms with Gasteiger partial charge < -0.3 is 9.52 Å². The molecule has 0 aliphatic carbocycles. The van der Waals surface area contributed by atoms with Crippen molar-refractivity contribution >= 4 is 0 Å². The zero-order chi connectivity index (χ0) is 10.8. The third-order valence-electron chi connectivity index (χ3n) is 2.57. The maximum Gasteiger partial charge on any atom is 0.109 e. The first-order chi connectivity index (χ1) is 7.20. The van der Waals surface area contributed by atoms with Crippen molar-refractivity contribution in [2.45, 2.75) is 20.0 Å². The molecule has 0 aromatic carbocycles. The Hall–Kier alpha value is -1.61. The van der Waals surface area contributed by atoms with Crippen LogP contribution in [0.15, 0.2) is 35.2 Å². The van der Waals surface area contributed by atoms with E-state index in [0.717, 1.165) is 22.5 Å². The van der Waals surface area contributed by atoms with Gasteiger partial charge in [-0.2, -0.15) is 0 Å². The quantitative estimate of drug-likeness (QED) is 0.815. The van der Waals surface area contributed by atoms with E-state index >= 15 is 0 Å². The SMILES string of the molecule is Cc1ccncc1C(O)c1ccoc1C. The Morgan fingerprint density at radius 3 is 2.67 bits per heavy atom. The lowest BCUT2D eigenvalue weighted by molar-refractivity contribution is 0.217. The van der Waals surface area contributed by atoms with Crippen LogP contribution < -0.4 is 0 Å². The largest absolute Gasteiger partial charge is 0.469 e. The van der Waals surface area contributed by atoms with Crippen molar-refractivity contribution in [2.75, 3.05) is 0 Å². The average Bonchev–Trinajstić information content (AvgIpc) is 2.64. The van der Waals surface area contributed by atoms with Crippen LogP contribution >= 0.6 is 0 Å². The Morgan fingerprint density at radius 2 is 2.07 bits per heavy atom. The van der Waals surface area contributed by atoms with Crippen LogP contribution in [-0.4, -0.2) is 10.1 Å². The second-order valence-corrected chi connectivity index (χ2v) is 3.57. The predicted octanol–water partition coefficient (Wildman–Crippen LogP) is 2.37.